The summed E-state index contributed by atoms with van der Waals surface area (Å²) in [4.78, 5) is 14.7. The first-order valence-corrected chi connectivity index (χ1v) is 7.96. The third-order valence-corrected chi connectivity index (χ3v) is 4.37. The fraction of sp³-hybridized carbons (Fsp3) is 0.133. The number of amides is 1. The first-order valence-electron chi connectivity index (χ1n) is 5.97. The van der Waals surface area contributed by atoms with Gasteiger partial charge in [0.05, 0.1) is 10.9 Å². The van der Waals surface area contributed by atoms with Crippen LogP contribution in [0, 0.1) is 0 Å². The molecular formula is C15H13BrClNOS. The first kappa shape index (κ1) is 15.3. The van der Waals surface area contributed by atoms with Gasteiger partial charge in [0.2, 0.25) is 5.91 Å². The van der Waals surface area contributed by atoms with Gasteiger partial charge in [-0.1, -0.05) is 39.7 Å². The van der Waals surface area contributed by atoms with Crippen molar-refractivity contribution in [2.24, 2.45) is 0 Å². The Bertz CT molecular complexity index is 638. The molecule has 2 rings (SSSR count). The van der Waals surface area contributed by atoms with Gasteiger partial charge in [-0.25, -0.2) is 0 Å². The molecule has 1 heterocycles. The van der Waals surface area contributed by atoms with Crippen LogP contribution in [-0.4, -0.2) is 17.9 Å². The van der Waals surface area contributed by atoms with Crippen LogP contribution in [0.15, 0.2) is 46.9 Å². The predicted molar refractivity (Wildman–Crippen MR) is 89.0 cm³/mol. The summed E-state index contributed by atoms with van der Waals surface area (Å²) in [5.41, 5.74) is 0.986. The minimum atomic E-state index is -0.0329. The van der Waals surface area contributed by atoms with E-state index in [2.05, 4.69) is 15.9 Å². The molecule has 0 fully saturated rings. The van der Waals surface area contributed by atoms with Crippen molar-refractivity contribution in [3.8, 4) is 0 Å². The lowest BCUT2D eigenvalue weighted by Crippen LogP contribution is -2.23. The van der Waals surface area contributed by atoms with E-state index < -0.39 is 0 Å². The highest BCUT2D eigenvalue weighted by Gasteiger charge is 2.07. The number of carbonyl (C=O) groups excluding carboxylic acids is 1. The van der Waals surface area contributed by atoms with Crippen molar-refractivity contribution in [1.29, 1.82) is 0 Å². The number of halogens is 2. The monoisotopic (exact) mass is 369 g/mol. The summed E-state index contributed by atoms with van der Waals surface area (Å²) < 4.78 is 1.74. The van der Waals surface area contributed by atoms with Gasteiger partial charge in [-0.15, -0.1) is 11.3 Å². The largest absolute Gasteiger partial charge is 0.337 e. The van der Waals surface area contributed by atoms with Crippen molar-refractivity contribution in [3.05, 3.63) is 61.7 Å². The molecule has 1 amide bonds. The number of hydrogen-bond acceptors (Lipinski definition) is 2. The van der Waals surface area contributed by atoms with Crippen LogP contribution in [0.1, 0.15) is 10.4 Å². The summed E-state index contributed by atoms with van der Waals surface area (Å²) >= 11 is 10.8. The second-order valence-corrected chi connectivity index (χ2v) is 7.00. The van der Waals surface area contributed by atoms with Gasteiger partial charge in [-0.05, 0) is 35.9 Å². The molecule has 0 saturated carbocycles. The van der Waals surface area contributed by atoms with E-state index in [1.54, 1.807) is 18.0 Å². The van der Waals surface area contributed by atoms with Gasteiger partial charge in [-0.3, -0.25) is 4.79 Å². The van der Waals surface area contributed by atoms with E-state index in [-0.39, 0.29) is 5.91 Å². The first-order chi connectivity index (χ1) is 9.54. The molecule has 0 unspecified atom stereocenters. The molecule has 20 heavy (non-hydrogen) atoms. The molecule has 2 nitrogen and oxygen atoms in total. The molecular weight excluding hydrogens is 358 g/mol. The number of thiophene rings is 1. The topological polar surface area (TPSA) is 20.3 Å². The maximum absolute atomic E-state index is 12.0. The molecule has 0 spiro atoms. The van der Waals surface area contributed by atoms with E-state index in [0.717, 1.165) is 19.2 Å². The molecule has 0 N–H and O–H groups in total. The number of hydrogen-bond donors (Lipinski definition) is 0. The summed E-state index contributed by atoms with van der Waals surface area (Å²) in [5, 5.41) is 0. The summed E-state index contributed by atoms with van der Waals surface area (Å²) in [6, 6.07) is 11.6. The fourth-order valence-corrected chi connectivity index (χ4v) is 3.21. The van der Waals surface area contributed by atoms with Crippen LogP contribution in [0.25, 0.3) is 6.08 Å². The Kier molecular flexibility index (Phi) is 5.40. The van der Waals surface area contributed by atoms with E-state index >= 15 is 0 Å². The van der Waals surface area contributed by atoms with Crippen molar-refractivity contribution in [2.45, 2.75) is 6.54 Å². The third-order valence-electron chi connectivity index (χ3n) is 2.67. The average molecular weight is 371 g/mol. The normalized spacial score (nSPS) is 10.9. The van der Waals surface area contributed by atoms with Gasteiger partial charge in [-0.2, -0.15) is 0 Å². The van der Waals surface area contributed by atoms with E-state index in [1.807, 2.05) is 42.5 Å². The summed E-state index contributed by atoms with van der Waals surface area (Å²) in [7, 11) is 1.78. The van der Waals surface area contributed by atoms with Crippen molar-refractivity contribution in [1.82, 2.24) is 4.90 Å². The third kappa shape index (κ3) is 4.47. The Labute approximate surface area is 135 Å². The fourth-order valence-electron chi connectivity index (χ4n) is 1.65. The molecule has 0 aliphatic rings. The molecule has 0 radical (unpaired) electrons. The van der Waals surface area contributed by atoms with Gasteiger partial charge in [0.1, 0.15) is 0 Å². The SMILES string of the molecule is CN(Cc1ccc(Cl)s1)C(=O)/C=C/c1cccc(Br)c1. The lowest BCUT2D eigenvalue weighted by molar-refractivity contribution is -0.125. The minimum absolute atomic E-state index is 0.0329. The average Bonchev–Trinajstić information content (AvgIpc) is 2.81. The van der Waals surface area contributed by atoms with Crippen LogP contribution in [0.4, 0.5) is 0 Å². The Hall–Kier alpha value is -1.10. The molecule has 0 atom stereocenters. The summed E-state index contributed by atoms with van der Waals surface area (Å²) in [6.45, 7) is 0.568. The molecule has 0 aliphatic carbocycles. The highest BCUT2D eigenvalue weighted by molar-refractivity contribution is 9.10. The van der Waals surface area contributed by atoms with Gasteiger partial charge in [0.15, 0.2) is 0 Å². The smallest absolute Gasteiger partial charge is 0.246 e. The van der Waals surface area contributed by atoms with E-state index in [4.69, 9.17) is 11.6 Å². The van der Waals surface area contributed by atoms with E-state index in [1.165, 1.54) is 11.3 Å². The van der Waals surface area contributed by atoms with Gasteiger partial charge in [0.25, 0.3) is 0 Å². The Morgan fingerprint density at radius 1 is 1.40 bits per heavy atom. The minimum Gasteiger partial charge on any atom is -0.337 e. The number of benzene rings is 1. The lowest BCUT2D eigenvalue weighted by Gasteiger charge is -2.13. The lowest BCUT2D eigenvalue weighted by atomic mass is 10.2. The Morgan fingerprint density at radius 2 is 2.20 bits per heavy atom. The van der Waals surface area contributed by atoms with Gasteiger partial charge < -0.3 is 4.90 Å². The zero-order valence-electron chi connectivity index (χ0n) is 10.8. The molecule has 5 heteroatoms. The maximum atomic E-state index is 12.0. The second kappa shape index (κ2) is 7.07. The molecule has 1 aromatic heterocycles. The zero-order valence-corrected chi connectivity index (χ0v) is 14.0. The predicted octanol–water partition coefficient (Wildman–Crippen LogP) is 4.84. The van der Waals surface area contributed by atoms with Crippen LogP contribution in [-0.2, 0) is 11.3 Å². The van der Waals surface area contributed by atoms with Gasteiger partial charge in [0, 0.05) is 22.5 Å². The van der Waals surface area contributed by atoms with E-state index in [9.17, 15) is 4.79 Å². The summed E-state index contributed by atoms with van der Waals surface area (Å²) in [5.74, 6) is -0.0329. The van der Waals surface area contributed by atoms with Crippen LogP contribution in [0.5, 0.6) is 0 Å². The summed E-state index contributed by atoms with van der Waals surface area (Å²) in [6.07, 6.45) is 3.39. The number of rotatable bonds is 4. The number of likely N-dealkylation sites (N-methyl/N-ethyl adjacent to an activating group) is 1. The van der Waals surface area contributed by atoms with Crippen molar-refractivity contribution < 1.29 is 4.79 Å². The van der Waals surface area contributed by atoms with Crippen LogP contribution < -0.4 is 0 Å². The molecule has 104 valence electrons. The molecule has 1 aromatic carbocycles. The molecule has 0 saturated heterocycles. The van der Waals surface area contributed by atoms with Crippen molar-refractivity contribution in [3.63, 3.8) is 0 Å². The molecule has 0 bridgehead atoms. The maximum Gasteiger partial charge on any atom is 0.246 e. The van der Waals surface area contributed by atoms with Crippen LogP contribution in [0.2, 0.25) is 4.34 Å². The second-order valence-electron chi connectivity index (χ2n) is 4.29. The highest BCUT2D eigenvalue weighted by Crippen LogP contribution is 2.22. The molecule has 2 aromatic rings. The highest BCUT2D eigenvalue weighted by atomic mass is 79.9. The van der Waals surface area contributed by atoms with Crippen molar-refractivity contribution >= 4 is 50.9 Å². The van der Waals surface area contributed by atoms with Crippen molar-refractivity contribution in [2.75, 3.05) is 7.05 Å². The van der Waals surface area contributed by atoms with E-state index in [0.29, 0.717) is 6.54 Å². The zero-order chi connectivity index (χ0) is 14.5. The van der Waals surface area contributed by atoms with Gasteiger partial charge >= 0.3 is 0 Å². The Morgan fingerprint density at radius 3 is 2.85 bits per heavy atom. The Balaban J connectivity index is 1.97. The molecule has 0 aliphatic heterocycles. The quantitative estimate of drug-likeness (QED) is 0.705. The number of carbonyl (C=O) groups is 1. The van der Waals surface area contributed by atoms with Crippen LogP contribution in [0.3, 0.4) is 0 Å². The number of nitrogens with zero attached hydrogens (tertiary/aromatic N) is 1. The standard InChI is InChI=1S/C15H13BrClNOS/c1-18(10-13-6-7-14(17)20-13)15(19)8-5-11-3-2-4-12(16)9-11/h2-9H,10H2,1H3/b8-5+. The van der Waals surface area contributed by atoms with Crippen LogP contribution >= 0.6 is 38.9 Å².